The van der Waals surface area contributed by atoms with Gasteiger partial charge in [-0.05, 0) is 25.1 Å². The van der Waals surface area contributed by atoms with Gasteiger partial charge in [-0.25, -0.2) is 14.0 Å². The summed E-state index contributed by atoms with van der Waals surface area (Å²) in [6.45, 7) is 1.48. The van der Waals surface area contributed by atoms with Gasteiger partial charge in [0, 0.05) is 12.7 Å². The predicted octanol–water partition coefficient (Wildman–Crippen LogP) is 0.780. The zero-order valence-corrected chi connectivity index (χ0v) is 10.9. The Morgan fingerprint density at radius 2 is 1.95 bits per heavy atom. The Kier molecular flexibility index (Phi) is 5.01. The first-order chi connectivity index (χ1) is 9.35. The summed E-state index contributed by atoms with van der Waals surface area (Å²) in [6, 6.07) is 1.70. The van der Waals surface area contributed by atoms with E-state index in [0.717, 1.165) is 12.1 Å². The highest BCUT2D eigenvalue weighted by Crippen LogP contribution is 2.14. The molecule has 3 amide bonds. The van der Waals surface area contributed by atoms with Crippen LogP contribution in [0.3, 0.4) is 0 Å². The fourth-order valence-electron chi connectivity index (χ4n) is 1.41. The van der Waals surface area contributed by atoms with Crippen molar-refractivity contribution >= 4 is 23.6 Å². The predicted molar refractivity (Wildman–Crippen MR) is 69.0 cm³/mol. The maximum atomic E-state index is 13.4. The third-order valence-corrected chi connectivity index (χ3v) is 2.44. The first-order valence-electron chi connectivity index (χ1n) is 5.67. The number of likely N-dealkylation sites (N-methyl/N-ethyl adjacent to an activating group) is 1. The maximum absolute atomic E-state index is 13.4. The third-order valence-electron chi connectivity index (χ3n) is 2.44. The highest BCUT2D eigenvalue weighted by Gasteiger charge is 2.15. The van der Waals surface area contributed by atoms with E-state index in [1.807, 2.05) is 0 Å². The molecule has 0 radical (unpaired) electrons. The van der Waals surface area contributed by atoms with E-state index >= 15 is 0 Å². The second-order valence-corrected chi connectivity index (χ2v) is 3.93. The lowest BCUT2D eigenvalue weighted by atomic mass is 10.2. The van der Waals surface area contributed by atoms with Crippen LogP contribution in [0.5, 0.6) is 0 Å². The van der Waals surface area contributed by atoms with Crippen LogP contribution in [0.2, 0.25) is 0 Å². The Morgan fingerprint density at radius 3 is 2.45 bits per heavy atom. The van der Waals surface area contributed by atoms with Crippen LogP contribution in [0.15, 0.2) is 18.2 Å². The van der Waals surface area contributed by atoms with Crippen molar-refractivity contribution < 1.29 is 23.9 Å². The van der Waals surface area contributed by atoms with E-state index in [1.54, 1.807) is 0 Å². The first-order valence-corrected chi connectivity index (χ1v) is 5.67. The minimum Gasteiger partial charge on any atom is -0.478 e. The van der Waals surface area contributed by atoms with Crippen LogP contribution in [0.25, 0.3) is 0 Å². The van der Waals surface area contributed by atoms with E-state index in [-0.39, 0.29) is 11.6 Å². The van der Waals surface area contributed by atoms with Crippen LogP contribution in [0.4, 0.5) is 14.9 Å². The molecule has 1 atom stereocenters. The molecule has 108 valence electrons. The average Bonchev–Trinajstić information content (AvgIpc) is 2.37. The molecule has 1 unspecified atom stereocenters. The number of nitrogens with one attached hydrogen (secondary N) is 3. The third kappa shape index (κ3) is 3.94. The van der Waals surface area contributed by atoms with E-state index in [0.29, 0.717) is 0 Å². The molecule has 7 nitrogen and oxygen atoms in total. The van der Waals surface area contributed by atoms with E-state index in [9.17, 15) is 18.8 Å². The van der Waals surface area contributed by atoms with Gasteiger partial charge in [0.05, 0.1) is 5.56 Å². The van der Waals surface area contributed by atoms with Crippen molar-refractivity contribution in [1.82, 2.24) is 10.6 Å². The Morgan fingerprint density at radius 1 is 1.30 bits per heavy atom. The van der Waals surface area contributed by atoms with E-state index in [4.69, 9.17) is 5.11 Å². The van der Waals surface area contributed by atoms with Crippen LogP contribution in [0.1, 0.15) is 17.3 Å². The normalized spacial score (nSPS) is 11.3. The molecular weight excluding hydrogens is 269 g/mol. The van der Waals surface area contributed by atoms with Gasteiger partial charge < -0.3 is 21.1 Å². The molecule has 20 heavy (non-hydrogen) atoms. The van der Waals surface area contributed by atoms with Crippen molar-refractivity contribution in [1.29, 1.82) is 0 Å². The Bertz CT molecular complexity index is 548. The quantitative estimate of drug-likeness (QED) is 0.655. The minimum atomic E-state index is -1.40. The highest BCUT2D eigenvalue weighted by molar-refractivity contribution is 5.94. The van der Waals surface area contributed by atoms with Crippen molar-refractivity contribution in [2.75, 3.05) is 12.4 Å². The smallest absolute Gasteiger partial charge is 0.338 e. The number of hydrogen-bond donors (Lipinski definition) is 4. The molecule has 0 aliphatic carbocycles. The SMILES string of the molecule is CNC(=O)C(C)NC(=O)Nc1ccc(C(=O)O)c(F)c1. The number of carbonyl (C=O) groups is 3. The van der Waals surface area contributed by atoms with E-state index in [2.05, 4.69) is 16.0 Å². The van der Waals surface area contributed by atoms with Gasteiger partial charge >= 0.3 is 12.0 Å². The largest absolute Gasteiger partial charge is 0.478 e. The van der Waals surface area contributed by atoms with Crippen LogP contribution in [0, 0.1) is 5.82 Å². The monoisotopic (exact) mass is 283 g/mol. The number of benzene rings is 1. The van der Waals surface area contributed by atoms with Gasteiger partial charge in [-0.2, -0.15) is 0 Å². The fourth-order valence-corrected chi connectivity index (χ4v) is 1.41. The molecule has 0 heterocycles. The number of hydrogen-bond acceptors (Lipinski definition) is 3. The van der Waals surface area contributed by atoms with Crippen molar-refractivity contribution in [3.63, 3.8) is 0 Å². The maximum Gasteiger partial charge on any atom is 0.338 e. The Hall–Kier alpha value is -2.64. The Balaban J connectivity index is 2.69. The summed E-state index contributed by atoms with van der Waals surface area (Å²) >= 11 is 0. The molecule has 0 aromatic heterocycles. The molecule has 1 rings (SSSR count). The van der Waals surface area contributed by atoms with Crippen molar-refractivity contribution in [3.05, 3.63) is 29.6 Å². The number of anilines is 1. The molecule has 4 N–H and O–H groups in total. The van der Waals surface area contributed by atoms with Gasteiger partial charge in [0.25, 0.3) is 0 Å². The zero-order chi connectivity index (χ0) is 15.3. The number of aromatic carboxylic acids is 1. The second-order valence-electron chi connectivity index (χ2n) is 3.93. The fraction of sp³-hybridized carbons (Fsp3) is 0.250. The number of carboxylic acid groups (broad SMARTS) is 1. The number of rotatable bonds is 4. The van der Waals surface area contributed by atoms with Crippen molar-refractivity contribution in [2.45, 2.75) is 13.0 Å². The Labute approximate surface area is 114 Å². The lowest BCUT2D eigenvalue weighted by molar-refractivity contribution is -0.122. The van der Waals surface area contributed by atoms with Gasteiger partial charge in [0.1, 0.15) is 11.9 Å². The number of halogens is 1. The summed E-state index contributed by atoms with van der Waals surface area (Å²) in [5.41, 5.74) is -0.413. The summed E-state index contributed by atoms with van der Waals surface area (Å²) in [6.07, 6.45) is 0. The highest BCUT2D eigenvalue weighted by atomic mass is 19.1. The van der Waals surface area contributed by atoms with Crippen molar-refractivity contribution in [2.24, 2.45) is 0 Å². The van der Waals surface area contributed by atoms with Gasteiger partial charge in [-0.3, -0.25) is 4.79 Å². The van der Waals surface area contributed by atoms with Crippen LogP contribution >= 0.6 is 0 Å². The standard InChI is InChI=1S/C12H14FN3O4/c1-6(10(17)14-2)15-12(20)16-7-3-4-8(11(18)19)9(13)5-7/h3-6H,1-2H3,(H,14,17)(H,18,19)(H2,15,16,20). The molecule has 0 aliphatic rings. The van der Waals surface area contributed by atoms with Crippen LogP contribution in [-0.2, 0) is 4.79 Å². The molecule has 0 spiro atoms. The molecule has 8 heteroatoms. The topological polar surface area (TPSA) is 108 Å². The summed E-state index contributed by atoms with van der Waals surface area (Å²) in [4.78, 5) is 33.4. The summed E-state index contributed by atoms with van der Waals surface area (Å²) in [7, 11) is 1.43. The molecule has 0 saturated carbocycles. The lowest BCUT2D eigenvalue weighted by Gasteiger charge is -2.13. The molecule has 1 aromatic carbocycles. The molecule has 0 bridgehead atoms. The zero-order valence-electron chi connectivity index (χ0n) is 10.9. The molecule has 0 saturated heterocycles. The number of carbonyl (C=O) groups excluding carboxylic acids is 2. The molecular formula is C12H14FN3O4. The number of carboxylic acids is 1. The minimum absolute atomic E-state index is 0.0779. The summed E-state index contributed by atoms with van der Waals surface area (Å²) in [5.74, 6) is -2.74. The number of urea groups is 1. The summed E-state index contributed by atoms with van der Waals surface area (Å²) < 4.78 is 13.4. The van der Waals surface area contributed by atoms with E-state index < -0.39 is 29.4 Å². The lowest BCUT2D eigenvalue weighted by Crippen LogP contribution is -2.45. The molecule has 0 aliphatic heterocycles. The van der Waals surface area contributed by atoms with Crippen LogP contribution in [-0.4, -0.2) is 36.1 Å². The van der Waals surface area contributed by atoms with Crippen molar-refractivity contribution in [3.8, 4) is 0 Å². The summed E-state index contributed by atoms with van der Waals surface area (Å²) in [5, 5.41) is 15.6. The average molecular weight is 283 g/mol. The van der Waals surface area contributed by atoms with Gasteiger partial charge in [-0.1, -0.05) is 0 Å². The molecule has 0 fully saturated rings. The van der Waals surface area contributed by atoms with Gasteiger partial charge in [0.15, 0.2) is 0 Å². The van der Waals surface area contributed by atoms with E-state index in [1.165, 1.54) is 20.0 Å². The van der Waals surface area contributed by atoms with Gasteiger partial charge in [-0.15, -0.1) is 0 Å². The molecule has 1 aromatic rings. The number of amides is 3. The van der Waals surface area contributed by atoms with Gasteiger partial charge in [0.2, 0.25) is 5.91 Å². The van der Waals surface area contributed by atoms with Crippen LogP contribution < -0.4 is 16.0 Å². The second kappa shape index (κ2) is 6.50. The first kappa shape index (κ1) is 15.4.